The average molecular weight is 163 g/mol. The van der Waals surface area contributed by atoms with E-state index in [0.29, 0.717) is 0 Å². The molecule has 1 heterocycles. The van der Waals surface area contributed by atoms with Gasteiger partial charge < -0.3 is 0 Å². The molecule has 0 fully saturated rings. The quantitative estimate of drug-likeness (QED) is 0.494. The zero-order valence-electron chi connectivity index (χ0n) is 6.04. The third-order valence-corrected chi connectivity index (χ3v) is 1.63. The van der Waals surface area contributed by atoms with E-state index in [1.165, 1.54) is 12.1 Å². The monoisotopic (exact) mass is 163 g/mol. The number of nitrogens with zero attached hydrogens (tertiary/aromatic N) is 3. The van der Waals surface area contributed by atoms with Crippen molar-refractivity contribution in [1.82, 2.24) is 0 Å². The standard InChI is InChI=1S/C7H5N3O2/c11-10(12)6-3-1-5(2-4-6)7-8-9-7/h1-4,7H. The molecular formula is C7H5N3O2. The molecule has 5 heteroatoms. The Bertz CT molecular complexity index is 338. The first kappa shape index (κ1) is 6.90. The maximum Gasteiger partial charge on any atom is 0.269 e. The molecule has 0 saturated carbocycles. The van der Waals surface area contributed by atoms with Crippen molar-refractivity contribution < 1.29 is 4.92 Å². The minimum absolute atomic E-state index is 0.0780. The Morgan fingerprint density at radius 3 is 2.25 bits per heavy atom. The van der Waals surface area contributed by atoms with Crippen LogP contribution in [0.25, 0.3) is 0 Å². The third kappa shape index (κ3) is 1.16. The molecule has 0 aliphatic carbocycles. The SMILES string of the molecule is O=[N+]([O-])c1ccc(C2N=N2)cc1. The molecule has 1 aromatic carbocycles. The van der Waals surface area contributed by atoms with Crippen LogP contribution in [0.15, 0.2) is 34.5 Å². The summed E-state index contributed by atoms with van der Waals surface area (Å²) in [7, 11) is 0. The molecule has 1 aliphatic rings. The molecule has 1 aliphatic heterocycles. The van der Waals surface area contributed by atoms with Crippen molar-refractivity contribution in [2.24, 2.45) is 10.2 Å². The van der Waals surface area contributed by atoms with Gasteiger partial charge in [-0.25, -0.2) is 0 Å². The van der Waals surface area contributed by atoms with E-state index in [1.807, 2.05) is 0 Å². The average Bonchev–Trinajstić information content (AvgIpc) is 2.87. The summed E-state index contributed by atoms with van der Waals surface area (Å²) in [6.07, 6.45) is -0.0780. The molecule has 0 spiro atoms. The van der Waals surface area contributed by atoms with E-state index >= 15 is 0 Å². The highest BCUT2D eigenvalue weighted by Gasteiger charge is 2.18. The van der Waals surface area contributed by atoms with Gasteiger partial charge in [0, 0.05) is 17.7 Å². The van der Waals surface area contributed by atoms with Crippen LogP contribution in [0.5, 0.6) is 0 Å². The number of rotatable bonds is 2. The molecule has 0 N–H and O–H groups in total. The Kier molecular flexibility index (Phi) is 1.36. The molecule has 0 aromatic heterocycles. The van der Waals surface area contributed by atoms with E-state index in [4.69, 9.17) is 0 Å². The number of non-ortho nitro benzene ring substituents is 1. The van der Waals surface area contributed by atoms with Crippen LogP contribution in [0.2, 0.25) is 0 Å². The summed E-state index contributed by atoms with van der Waals surface area (Å²) in [6.45, 7) is 0. The molecule has 0 amide bonds. The normalized spacial score (nSPS) is 14.7. The fourth-order valence-corrected chi connectivity index (χ4v) is 0.935. The summed E-state index contributed by atoms with van der Waals surface area (Å²) in [5.41, 5.74) is 1.00. The zero-order chi connectivity index (χ0) is 8.55. The second-order valence-corrected chi connectivity index (χ2v) is 2.45. The van der Waals surface area contributed by atoms with E-state index < -0.39 is 4.92 Å². The van der Waals surface area contributed by atoms with Gasteiger partial charge in [-0.05, 0) is 12.1 Å². The summed E-state index contributed by atoms with van der Waals surface area (Å²) in [6, 6.07) is 6.25. The first-order valence-electron chi connectivity index (χ1n) is 3.42. The smallest absolute Gasteiger partial charge is 0.258 e. The minimum atomic E-state index is -0.426. The first-order chi connectivity index (χ1) is 5.77. The number of benzene rings is 1. The molecular weight excluding hydrogens is 158 g/mol. The topological polar surface area (TPSA) is 67.9 Å². The highest BCUT2D eigenvalue weighted by atomic mass is 16.6. The van der Waals surface area contributed by atoms with Crippen LogP contribution in [0.3, 0.4) is 0 Å². The van der Waals surface area contributed by atoms with Gasteiger partial charge in [0.1, 0.15) is 0 Å². The van der Waals surface area contributed by atoms with Crippen LogP contribution < -0.4 is 0 Å². The van der Waals surface area contributed by atoms with E-state index in [1.54, 1.807) is 12.1 Å². The Morgan fingerprint density at radius 2 is 1.83 bits per heavy atom. The van der Waals surface area contributed by atoms with Crippen molar-refractivity contribution in [2.45, 2.75) is 6.17 Å². The lowest BCUT2D eigenvalue weighted by Crippen LogP contribution is -1.87. The lowest BCUT2D eigenvalue weighted by atomic mass is 10.2. The molecule has 5 nitrogen and oxygen atoms in total. The Hall–Kier alpha value is -1.78. The fraction of sp³-hybridized carbons (Fsp3) is 0.143. The number of hydrogen-bond donors (Lipinski definition) is 0. The predicted molar refractivity (Wildman–Crippen MR) is 40.7 cm³/mol. The van der Waals surface area contributed by atoms with Crippen LogP contribution in [-0.2, 0) is 0 Å². The van der Waals surface area contributed by atoms with Gasteiger partial charge in [0.2, 0.25) is 6.17 Å². The number of nitro groups is 1. The Balaban J connectivity index is 2.24. The van der Waals surface area contributed by atoms with E-state index in [2.05, 4.69) is 10.2 Å². The highest BCUT2D eigenvalue weighted by molar-refractivity contribution is 5.34. The molecule has 1 aromatic rings. The van der Waals surface area contributed by atoms with Crippen LogP contribution >= 0.6 is 0 Å². The molecule has 0 atom stereocenters. The number of hydrogen-bond acceptors (Lipinski definition) is 4. The van der Waals surface area contributed by atoms with Crippen molar-refractivity contribution in [3.63, 3.8) is 0 Å². The molecule has 0 saturated heterocycles. The van der Waals surface area contributed by atoms with Gasteiger partial charge in [0.15, 0.2) is 0 Å². The molecule has 0 radical (unpaired) electrons. The summed E-state index contributed by atoms with van der Waals surface area (Å²) in [5.74, 6) is 0. The van der Waals surface area contributed by atoms with Crippen molar-refractivity contribution in [3.8, 4) is 0 Å². The highest BCUT2D eigenvalue weighted by Crippen LogP contribution is 2.31. The van der Waals surface area contributed by atoms with E-state index in [0.717, 1.165) is 5.56 Å². The van der Waals surface area contributed by atoms with Crippen molar-refractivity contribution in [1.29, 1.82) is 0 Å². The maximum atomic E-state index is 10.3. The van der Waals surface area contributed by atoms with Gasteiger partial charge in [-0.3, -0.25) is 10.1 Å². The summed E-state index contributed by atoms with van der Waals surface area (Å²) >= 11 is 0. The third-order valence-electron chi connectivity index (χ3n) is 1.63. The van der Waals surface area contributed by atoms with Crippen LogP contribution in [-0.4, -0.2) is 4.92 Å². The largest absolute Gasteiger partial charge is 0.269 e. The van der Waals surface area contributed by atoms with Crippen LogP contribution in [0.4, 0.5) is 5.69 Å². The van der Waals surface area contributed by atoms with Crippen molar-refractivity contribution in [3.05, 3.63) is 39.9 Å². The van der Waals surface area contributed by atoms with Crippen molar-refractivity contribution in [2.75, 3.05) is 0 Å². The van der Waals surface area contributed by atoms with Gasteiger partial charge >= 0.3 is 0 Å². The minimum Gasteiger partial charge on any atom is -0.258 e. The van der Waals surface area contributed by atoms with Crippen LogP contribution in [0.1, 0.15) is 11.7 Å². The van der Waals surface area contributed by atoms with Gasteiger partial charge in [0.05, 0.1) is 4.92 Å². The maximum absolute atomic E-state index is 10.3. The van der Waals surface area contributed by atoms with E-state index in [-0.39, 0.29) is 11.9 Å². The van der Waals surface area contributed by atoms with Gasteiger partial charge in [-0.2, -0.15) is 10.2 Å². The zero-order valence-corrected chi connectivity index (χ0v) is 6.04. The molecule has 2 rings (SSSR count). The number of nitro benzene ring substituents is 1. The lowest BCUT2D eigenvalue weighted by molar-refractivity contribution is -0.384. The predicted octanol–water partition coefficient (Wildman–Crippen LogP) is 2.06. The second-order valence-electron chi connectivity index (χ2n) is 2.45. The Morgan fingerprint density at radius 1 is 1.25 bits per heavy atom. The summed E-state index contributed by atoms with van der Waals surface area (Å²) < 4.78 is 0. The molecule has 12 heavy (non-hydrogen) atoms. The molecule has 60 valence electrons. The second kappa shape index (κ2) is 2.37. The Labute approximate surface area is 67.9 Å². The van der Waals surface area contributed by atoms with Crippen molar-refractivity contribution >= 4 is 5.69 Å². The van der Waals surface area contributed by atoms with Crippen LogP contribution in [0, 0.1) is 10.1 Å². The first-order valence-corrected chi connectivity index (χ1v) is 3.42. The van der Waals surface area contributed by atoms with E-state index in [9.17, 15) is 10.1 Å². The van der Waals surface area contributed by atoms with Gasteiger partial charge in [0.25, 0.3) is 5.69 Å². The van der Waals surface area contributed by atoms with Gasteiger partial charge in [-0.1, -0.05) is 0 Å². The summed E-state index contributed by atoms with van der Waals surface area (Å²) in [5, 5.41) is 17.7. The fourth-order valence-electron chi connectivity index (χ4n) is 0.935. The summed E-state index contributed by atoms with van der Waals surface area (Å²) in [4.78, 5) is 9.83. The van der Waals surface area contributed by atoms with Gasteiger partial charge in [-0.15, -0.1) is 0 Å². The lowest BCUT2D eigenvalue weighted by Gasteiger charge is -1.93. The molecule has 0 unspecified atom stereocenters. The molecule has 0 bridgehead atoms.